The first-order chi connectivity index (χ1) is 14.1. The fourth-order valence-electron chi connectivity index (χ4n) is 2.93. The van der Waals surface area contributed by atoms with Gasteiger partial charge in [-0.1, -0.05) is 55.1 Å². The molecule has 0 unspecified atom stereocenters. The summed E-state index contributed by atoms with van der Waals surface area (Å²) in [6.07, 6.45) is 4.77. The Hall–Kier alpha value is -3.73. The number of benzene rings is 2. The van der Waals surface area contributed by atoms with Crippen molar-refractivity contribution in [3.05, 3.63) is 108 Å². The molecular formula is C24H23N3O2. The number of anilines is 1. The number of Topliss-reactive ketones (excluding diaryl/α,β-unsaturated/α-hetero) is 1. The molecule has 3 aromatic rings. The largest absolute Gasteiger partial charge is 0.358 e. The summed E-state index contributed by atoms with van der Waals surface area (Å²) < 4.78 is 0. The third-order valence-corrected chi connectivity index (χ3v) is 4.45. The Kier molecular flexibility index (Phi) is 6.90. The maximum Gasteiger partial charge on any atom is 0.251 e. The maximum atomic E-state index is 12.6. The highest BCUT2D eigenvalue weighted by molar-refractivity contribution is 6.02. The van der Waals surface area contributed by atoms with Crippen LogP contribution < -0.4 is 10.6 Å². The number of allylic oxidation sites excluding steroid dienone is 1. The number of hydrogen-bond acceptors (Lipinski definition) is 4. The van der Waals surface area contributed by atoms with Gasteiger partial charge in [-0.15, -0.1) is 0 Å². The van der Waals surface area contributed by atoms with Crippen molar-refractivity contribution < 1.29 is 9.59 Å². The van der Waals surface area contributed by atoms with Gasteiger partial charge in [-0.2, -0.15) is 0 Å². The van der Waals surface area contributed by atoms with E-state index >= 15 is 0 Å². The molecule has 0 fully saturated rings. The highest BCUT2D eigenvalue weighted by Gasteiger charge is 2.13. The Bertz CT molecular complexity index is 985. The Morgan fingerprint density at radius 2 is 1.69 bits per heavy atom. The summed E-state index contributed by atoms with van der Waals surface area (Å²) in [6, 6.07) is 20.1. The van der Waals surface area contributed by atoms with Gasteiger partial charge in [-0.25, -0.2) is 0 Å². The molecule has 0 saturated heterocycles. The van der Waals surface area contributed by atoms with Crippen molar-refractivity contribution in [1.29, 1.82) is 0 Å². The minimum atomic E-state index is -0.254. The van der Waals surface area contributed by atoms with Crippen molar-refractivity contribution in [3.8, 4) is 0 Å². The molecule has 0 aliphatic carbocycles. The topological polar surface area (TPSA) is 71.1 Å². The number of carbonyl (C=O) groups is 2. The van der Waals surface area contributed by atoms with E-state index in [1.807, 2.05) is 36.4 Å². The van der Waals surface area contributed by atoms with Crippen molar-refractivity contribution in [2.45, 2.75) is 12.8 Å². The highest BCUT2D eigenvalue weighted by Crippen LogP contribution is 2.15. The fraction of sp³-hybridized carbons (Fsp3) is 0.125. The zero-order valence-electron chi connectivity index (χ0n) is 16.1. The van der Waals surface area contributed by atoms with Crippen LogP contribution >= 0.6 is 0 Å². The van der Waals surface area contributed by atoms with Gasteiger partial charge in [-0.05, 0) is 36.6 Å². The van der Waals surface area contributed by atoms with E-state index in [-0.39, 0.29) is 18.2 Å². The lowest BCUT2D eigenvalue weighted by molar-refractivity contribution is 0.0903. The van der Waals surface area contributed by atoms with Crippen LogP contribution in [0.15, 0.2) is 91.4 Å². The van der Waals surface area contributed by atoms with Gasteiger partial charge < -0.3 is 10.6 Å². The molecular weight excluding hydrogens is 362 g/mol. The number of carbonyl (C=O) groups excluding carboxylic acids is 2. The first-order valence-electron chi connectivity index (χ1n) is 9.42. The van der Waals surface area contributed by atoms with E-state index in [9.17, 15) is 9.59 Å². The Labute approximate surface area is 170 Å². The molecule has 29 heavy (non-hydrogen) atoms. The van der Waals surface area contributed by atoms with Crippen molar-refractivity contribution >= 4 is 17.4 Å². The normalized spacial score (nSPS) is 10.2. The number of nitrogens with one attached hydrogen (secondary N) is 2. The molecule has 3 rings (SSSR count). The molecule has 0 aliphatic heterocycles. The molecule has 0 radical (unpaired) electrons. The molecule has 0 atom stereocenters. The van der Waals surface area contributed by atoms with E-state index in [4.69, 9.17) is 0 Å². The third kappa shape index (κ3) is 5.87. The zero-order chi connectivity index (χ0) is 20.5. The average molecular weight is 385 g/mol. The van der Waals surface area contributed by atoms with Crippen molar-refractivity contribution in [1.82, 2.24) is 10.3 Å². The molecule has 0 aliphatic rings. The second-order valence-corrected chi connectivity index (χ2v) is 6.60. The van der Waals surface area contributed by atoms with Gasteiger partial charge in [-0.3, -0.25) is 14.6 Å². The molecule has 1 heterocycles. The van der Waals surface area contributed by atoms with Crippen LogP contribution in [0.1, 0.15) is 32.7 Å². The van der Waals surface area contributed by atoms with Crippen LogP contribution in [0.2, 0.25) is 0 Å². The molecule has 2 N–H and O–H groups in total. The Balaban J connectivity index is 1.57. The number of nitrogens with zero attached hydrogens (tertiary/aromatic N) is 1. The summed E-state index contributed by atoms with van der Waals surface area (Å²) >= 11 is 0. The second kappa shape index (κ2) is 9.99. The molecule has 1 aromatic heterocycles. The standard InChI is InChI=1S/C24H23N3O2/c1-18(27-21-11-7-15-25-16-21)13-14-19-8-5-6-12-22(19)24(29)26-17-23(28)20-9-3-2-4-10-20/h2-12,15-16,27H,1,13-14,17H2,(H,26,29). The Morgan fingerprint density at radius 1 is 0.931 bits per heavy atom. The number of aryl methyl sites for hydroxylation is 1. The van der Waals surface area contributed by atoms with Crippen LogP contribution in [-0.2, 0) is 6.42 Å². The fourth-order valence-corrected chi connectivity index (χ4v) is 2.93. The number of pyridine rings is 1. The summed E-state index contributed by atoms with van der Waals surface area (Å²) in [6.45, 7) is 4.01. The van der Waals surface area contributed by atoms with Crippen LogP contribution in [0.25, 0.3) is 0 Å². The zero-order valence-corrected chi connectivity index (χ0v) is 16.1. The van der Waals surface area contributed by atoms with Gasteiger partial charge in [0, 0.05) is 23.0 Å². The number of amides is 1. The first-order valence-corrected chi connectivity index (χ1v) is 9.42. The molecule has 146 valence electrons. The quantitative estimate of drug-likeness (QED) is 0.540. The number of ketones is 1. The molecule has 0 spiro atoms. The summed E-state index contributed by atoms with van der Waals surface area (Å²) in [5, 5.41) is 5.95. The SMILES string of the molecule is C=C(CCc1ccccc1C(=O)NCC(=O)c1ccccc1)Nc1cccnc1. The van der Waals surface area contributed by atoms with Crippen LogP contribution in [-0.4, -0.2) is 23.2 Å². The van der Waals surface area contributed by atoms with Crippen molar-refractivity contribution in [2.24, 2.45) is 0 Å². The third-order valence-electron chi connectivity index (χ3n) is 4.45. The van der Waals surface area contributed by atoms with E-state index < -0.39 is 0 Å². The van der Waals surface area contributed by atoms with Crippen LogP contribution in [0.3, 0.4) is 0 Å². The maximum absolute atomic E-state index is 12.6. The summed E-state index contributed by atoms with van der Waals surface area (Å²) in [7, 11) is 0. The Morgan fingerprint density at radius 3 is 2.45 bits per heavy atom. The monoisotopic (exact) mass is 385 g/mol. The second-order valence-electron chi connectivity index (χ2n) is 6.60. The molecule has 0 saturated carbocycles. The number of hydrogen-bond donors (Lipinski definition) is 2. The summed E-state index contributed by atoms with van der Waals surface area (Å²) in [5.41, 5.74) is 3.78. The highest BCUT2D eigenvalue weighted by atomic mass is 16.2. The van der Waals surface area contributed by atoms with Crippen LogP contribution in [0.4, 0.5) is 5.69 Å². The lowest BCUT2D eigenvalue weighted by Crippen LogP contribution is -2.30. The first kappa shape index (κ1) is 20.0. The summed E-state index contributed by atoms with van der Waals surface area (Å²) in [5.74, 6) is -0.374. The predicted octanol–water partition coefficient (Wildman–Crippen LogP) is 4.25. The van der Waals surface area contributed by atoms with Crippen molar-refractivity contribution in [3.63, 3.8) is 0 Å². The number of rotatable bonds is 9. The van der Waals surface area contributed by atoms with E-state index in [1.165, 1.54) is 0 Å². The predicted molar refractivity (Wildman–Crippen MR) is 115 cm³/mol. The molecule has 2 aromatic carbocycles. The van der Waals surface area contributed by atoms with Gasteiger partial charge in [0.2, 0.25) is 0 Å². The number of aromatic nitrogens is 1. The van der Waals surface area contributed by atoms with Gasteiger partial charge in [0.05, 0.1) is 18.4 Å². The average Bonchev–Trinajstić information content (AvgIpc) is 2.77. The molecule has 5 heteroatoms. The van der Waals surface area contributed by atoms with Gasteiger partial charge in [0.15, 0.2) is 5.78 Å². The van der Waals surface area contributed by atoms with E-state index in [1.54, 1.807) is 42.7 Å². The minimum Gasteiger partial charge on any atom is -0.358 e. The molecule has 0 bridgehead atoms. The molecule has 5 nitrogen and oxygen atoms in total. The molecule has 1 amide bonds. The van der Waals surface area contributed by atoms with E-state index in [0.717, 1.165) is 16.9 Å². The van der Waals surface area contributed by atoms with E-state index in [2.05, 4.69) is 22.2 Å². The van der Waals surface area contributed by atoms with Gasteiger partial charge in [0.1, 0.15) is 0 Å². The van der Waals surface area contributed by atoms with Crippen LogP contribution in [0, 0.1) is 0 Å². The lowest BCUT2D eigenvalue weighted by atomic mass is 10.0. The van der Waals surface area contributed by atoms with Gasteiger partial charge >= 0.3 is 0 Å². The summed E-state index contributed by atoms with van der Waals surface area (Å²) in [4.78, 5) is 28.9. The van der Waals surface area contributed by atoms with Gasteiger partial charge in [0.25, 0.3) is 5.91 Å². The van der Waals surface area contributed by atoms with Crippen LogP contribution in [0.5, 0.6) is 0 Å². The smallest absolute Gasteiger partial charge is 0.251 e. The minimum absolute atomic E-state index is 0.0353. The van der Waals surface area contributed by atoms with E-state index in [0.29, 0.717) is 24.0 Å². The lowest BCUT2D eigenvalue weighted by Gasteiger charge is -2.12. The van der Waals surface area contributed by atoms with Crippen molar-refractivity contribution in [2.75, 3.05) is 11.9 Å².